The van der Waals surface area contributed by atoms with Crippen LogP contribution in [0.15, 0.2) is 24.3 Å². The van der Waals surface area contributed by atoms with E-state index in [0.29, 0.717) is 6.42 Å². The van der Waals surface area contributed by atoms with E-state index in [1.165, 1.54) is 7.11 Å². The van der Waals surface area contributed by atoms with E-state index < -0.39 is 5.41 Å². The van der Waals surface area contributed by atoms with Gasteiger partial charge in [0, 0.05) is 6.54 Å². The van der Waals surface area contributed by atoms with Crippen LogP contribution in [0.1, 0.15) is 37.3 Å². The zero-order chi connectivity index (χ0) is 15.5. The Morgan fingerprint density at radius 1 is 1.48 bits per heavy atom. The number of benzene rings is 1. The number of methoxy groups -OCH3 is 1. The molecular weight excluding hydrogens is 266 g/mol. The highest BCUT2D eigenvalue weighted by molar-refractivity contribution is 5.83. The SMILES string of the molecule is COC(=O)C(CN)(CC1CCC(C)O1)c1cccc(C)c1. The standard InChI is InChI=1S/C17H25NO3/c1-12-5-4-6-14(9-12)17(11-18,16(19)20-3)10-15-8-7-13(2)21-15/h4-6,9,13,15H,7-8,10-11,18H2,1-3H3. The van der Waals surface area contributed by atoms with Crippen LogP contribution in [0.5, 0.6) is 0 Å². The average Bonchev–Trinajstić information content (AvgIpc) is 2.89. The van der Waals surface area contributed by atoms with Crippen molar-refractivity contribution in [1.29, 1.82) is 0 Å². The molecule has 1 aliphatic heterocycles. The van der Waals surface area contributed by atoms with Crippen LogP contribution < -0.4 is 5.73 Å². The fraction of sp³-hybridized carbons (Fsp3) is 0.588. The average molecular weight is 291 g/mol. The van der Waals surface area contributed by atoms with Gasteiger partial charge in [-0.05, 0) is 38.7 Å². The maximum atomic E-state index is 12.5. The Morgan fingerprint density at radius 2 is 2.24 bits per heavy atom. The molecule has 2 N–H and O–H groups in total. The van der Waals surface area contributed by atoms with Gasteiger partial charge >= 0.3 is 5.97 Å². The van der Waals surface area contributed by atoms with Crippen LogP contribution in [0, 0.1) is 6.92 Å². The Labute approximate surface area is 126 Å². The first kappa shape index (κ1) is 16.0. The second-order valence-electron chi connectivity index (χ2n) is 6.00. The number of nitrogens with two attached hydrogens (primary N) is 1. The van der Waals surface area contributed by atoms with Crippen molar-refractivity contribution in [3.8, 4) is 0 Å². The third-order valence-electron chi connectivity index (χ3n) is 4.39. The lowest BCUT2D eigenvalue weighted by molar-refractivity contribution is -0.149. The number of carbonyl (C=O) groups excluding carboxylic acids is 1. The van der Waals surface area contributed by atoms with Gasteiger partial charge in [-0.2, -0.15) is 0 Å². The van der Waals surface area contributed by atoms with Crippen LogP contribution in [0.25, 0.3) is 0 Å². The first-order chi connectivity index (χ1) is 10.0. The van der Waals surface area contributed by atoms with Crippen molar-refractivity contribution >= 4 is 5.97 Å². The molecule has 4 nitrogen and oxygen atoms in total. The molecule has 1 saturated heterocycles. The van der Waals surface area contributed by atoms with Gasteiger partial charge in [0.05, 0.1) is 19.3 Å². The molecule has 21 heavy (non-hydrogen) atoms. The molecule has 0 aromatic heterocycles. The van der Waals surface area contributed by atoms with Crippen LogP contribution in [0.4, 0.5) is 0 Å². The van der Waals surface area contributed by atoms with Gasteiger partial charge < -0.3 is 15.2 Å². The number of rotatable bonds is 5. The predicted octanol–water partition coefficient (Wildman–Crippen LogP) is 2.32. The quantitative estimate of drug-likeness (QED) is 0.846. The van der Waals surface area contributed by atoms with E-state index in [2.05, 4.69) is 6.92 Å². The summed E-state index contributed by atoms with van der Waals surface area (Å²) in [5.74, 6) is -0.279. The second-order valence-corrected chi connectivity index (χ2v) is 6.00. The molecule has 0 bridgehead atoms. The Balaban J connectivity index is 2.35. The monoisotopic (exact) mass is 291 g/mol. The molecule has 4 heteroatoms. The molecule has 0 aliphatic carbocycles. The van der Waals surface area contributed by atoms with Crippen LogP contribution in [-0.4, -0.2) is 31.8 Å². The van der Waals surface area contributed by atoms with Gasteiger partial charge in [0.1, 0.15) is 5.41 Å². The van der Waals surface area contributed by atoms with Crippen molar-refractivity contribution in [1.82, 2.24) is 0 Å². The molecule has 1 aliphatic rings. The number of ether oxygens (including phenoxy) is 2. The summed E-state index contributed by atoms with van der Waals surface area (Å²) in [6, 6.07) is 7.93. The minimum Gasteiger partial charge on any atom is -0.468 e. The zero-order valence-corrected chi connectivity index (χ0v) is 13.1. The maximum Gasteiger partial charge on any atom is 0.317 e. The summed E-state index contributed by atoms with van der Waals surface area (Å²) in [6.45, 7) is 4.29. The van der Waals surface area contributed by atoms with Gasteiger partial charge in [0.25, 0.3) is 0 Å². The fourth-order valence-electron chi connectivity index (χ4n) is 3.17. The van der Waals surface area contributed by atoms with E-state index >= 15 is 0 Å². The third-order valence-corrected chi connectivity index (χ3v) is 4.39. The minimum atomic E-state index is -0.824. The van der Waals surface area contributed by atoms with Crippen molar-refractivity contribution in [3.63, 3.8) is 0 Å². The lowest BCUT2D eigenvalue weighted by atomic mass is 9.75. The van der Waals surface area contributed by atoms with E-state index in [1.54, 1.807) is 0 Å². The second kappa shape index (κ2) is 6.58. The van der Waals surface area contributed by atoms with Crippen LogP contribution >= 0.6 is 0 Å². The molecule has 1 aromatic carbocycles. The molecule has 0 amide bonds. The molecule has 0 saturated carbocycles. The Hall–Kier alpha value is -1.39. The summed E-state index contributed by atoms with van der Waals surface area (Å²) >= 11 is 0. The van der Waals surface area contributed by atoms with Crippen molar-refractivity contribution in [2.45, 2.75) is 50.7 Å². The lowest BCUT2D eigenvalue weighted by Gasteiger charge is -2.32. The molecule has 116 valence electrons. The maximum absolute atomic E-state index is 12.5. The summed E-state index contributed by atoms with van der Waals surface area (Å²) in [4.78, 5) is 12.5. The number of esters is 1. The van der Waals surface area contributed by atoms with Gasteiger partial charge in [0.15, 0.2) is 0 Å². The molecule has 3 atom stereocenters. The van der Waals surface area contributed by atoms with Crippen LogP contribution in [-0.2, 0) is 19.7 Å². The minimum absolute atomic E-state index is 0.0585. The summed E-state index contributed by atoms with van der Waals surface area (Å²) in [6.07, 6.45) is 2.87. The predicted molar refractivity (Wildman–Crippen MR) is 82.1 cm³/mol. The molecule has 1 fully saturated rings. The summed E-state index contributed by atoms with van der Waals surface area (Å²) in [5.41, 5.74) is 7.22. The highest BCUT2D eigenvalue weighted by atomic mass is 16.5. The van der Waals surface area contributed by atoms with E-state index in [1.807, 2.05) is 31.2 Å². The highest BCUT2D eigenvalue weighted by Crippen LogP contribution is 2.35. The topological polar surface area (TPSA) is 61.5 Å². The van der Waals surface area contributed by atoms with Crippen LogP contribution in [0.2, 0.25) is 0 Å². The summed E-state index contributed by atoms with van der Waals surface area (Å²) in [5, 5.41) is 0. The fourth-order valence-corrected chi connectivity index (χ4v) is 3.17. The molecule has 1 aromatic rings. The zero-order valence-electron chi connectivity index (χ0n) is 13.1. The first-order valence-electron chi connectivity index (χ1n) is 7.53. The van der Waals surface area contributed by atoms with E-state index in [4.69, 9.17) is 15.2 Å². The largest absolute Gasteiger partial charge is 0.468 e. The van der Waals surface area contributed by atoms with Crippen molar-refractivity contribution in [2.24, 2.45) is 5.73 Å². The van der Waals surface area contributed by atoms with Gasteiger partial charge in [-0.3, -0.25) is 4.79 Å². The summed E-state index contributed by atoms with van der Waals surface area (Å²) in [7, 11) is 1.42. The van der Waals surface area contributed by atoms with Gasteiger partial charge in [-0.25, -0.2) is 0 Å². The Morgan fingerprint density at radius 3 is 2.76 bits per heavy atom. The normalized spacial score (nSPS) is 24.6. The van der Waals surface area contributed by atoms with Gasteiger partial charge in [-0.1, -0.05) is 29.8 Å². The van der Waals surface area contributed by atoms with Crippen molar-refractivity contribution < 1.29 is 14.3 Å². The first-order valence-corrected chi connectivity index (χ1v) is 7.53. The molecule has 0 radical (unpaired) electrons. The molecule has 0 spiro atoms. The summed E-state index contributed by atoms with van der Waals surface area (Å²) < 4.78 is 11.0. The van der Waals surface area contributed by atoms with E-state index in [0.717, 1.165) is 24.0 Å². The number of carbonyl (C=O) groups is 1. The van der Waals surface area contributed by atoms with Crippen LogP contribution in [0.3, 0.4) is 0 Å². The van der Waals surface area contributed by atoms with Gasteiger partial charge in [-0.15, -0.1) is 0 Å². The van der Waals surface area contributed by atoms with E-state index in [9.17, 15) is 4.79 Å². The Bertz CT molecular complexity index is 503. The number of aryl methyl sites for hydroxylation is 1. The number of hydrogen-bond donors (Lipinski definition) is 1. The lowest BCUT2D eigenvalue weighted by Crippen LogP contribution is -2.46. The van der Waals surface area contributed by atoms with E-state index in [-0.39, 0.29) is 24.7 Å². The number of hydrogen-bond acceptors (Lipinski definition) is 4. The Kier molecular flexibility index (Phi) is 5.01. The van der Waals surface area contributed by atoms with Crippen molar-refractivity contribution in [2.75, 3.05) is 13.7 Å². The molecule has 1 heterocycles. The molecular formula is C17H25NO3. The van der Waals surface area contributed by atoms with Crippen molar-refractivity contribution in [3.05, 3.63) is 35.4 Å². The molecule has 3 unspecified atom stereocenters. The smallest absolute Gasteiger partial charge is 0.317 e. The third kappa shape index (κ3) is 3.27. The molecule has 2 rings (SSSR count). The highest BCUT2D eigenvalue weighted by Gasteiger charge is 2.43. The van der Waals surface area contributed by atoms with Gasteiger partial charge in [0.2, 0.25) is 0 Å².